The van der Waals surface area contributed by atoms with E-state index < -0.39 is 0 Å². The van der Waals surface area contributed by atoms with Crippen LogP contribution in [-0.4, -0.2) is 12.1 Å². The summed E-state index contributed by atoms with van der Waals surface area (Å²) in [5, 5.41) is 1.04. The minimum absolute atomic E-state index is 0.838. The second-order valence-electron chi connectivity index (χ2n) is 2.85. The molecule has 2 heteroatoms. The molecule has 0 bridgehead atoms. The van der Waals surface area contributed by atoms with Gasteiger partial charge in [-0.05, 0) is 36.8 Å². The molecule has 0 amide bonds. The fraction of sp³-hybridized carbons (Fsp3) is 0.0909. The van der Waals surface area contributed by atoms with Crippen molar-refractivity contribution in [1.29, 1.82) is 0 Å². The summed E-state index contributed by atoms with van der Waals surface area (Å²) in [6.07, 6.45) is 1.76. The highest BCUT2D eigenvalue weighted by Crippen LogP contribution is 2.21. The largest absolute Gasteiger partial charge is 0.497 e. The van der Waals surface area contributed by atoms with Crippen molar-refractivity contribution in [1.82, 2.24) is 4.98 Å². The average molecular weight is 172 g/mol. The highest BCUT2D eigenvalue weighted by Gasteiger charge is 1.99. The van der Waals surface area contributed by atoms with Crippen molar-refractivity contribution in [2.75, 3.05) is 7.11 Å². The van der Waals surface area contributed by atoms with Gasteiger partial charge in [0.05, 0.1) is 12.6 Å². The molecule has 0 saturated heterocycles. The molecule has 0 aliphatic heterocycles. The van der Waals surface area contributed by atoms with Crippen molar-refractivity contribution >= 4 is 10.9 Å². The maximum Gasteiger partial charge on any atom is 0.119 e. The Morgan fingerprint density at radius 1 is 1.31 bits per heavy atom. The van der Waals surface area contributed by atoms with E-state index in [1.54, 1.807) is 13.3 Å². The van der Waals surface area contributed by atoms with Crippen LogP contribution >= 0.6 is 0 Å². The Morgan fingerprint density at radius 3 is 2.92 bits per heavy atom. The van der Waals surface area contributed by atoms with Crippen LogP contribution in [0, 0.1) is 6.92 Å². The van der Waals surface area contributed by atoms with Gasteiger partial charge in [0.15, 0.2) is 0 Å². The Morgan fingerprint density at radius 2 is 2.15 bits per heavy atom. The molecule has 13 heavy (non-hydrogen) atoms. The smallest absolute Gasteiger partial charge is 0.119 e. The Hall–Kier alpha value is -1.57. The van der Waals surface area contributed by atoms with Crippen LogP contribution in [0.25, 0.3) is 10.9 Å². The van der Waals surface area contributed by atoms with Crippen LogP contribution in [0.3, 0.4) is 0 Å². The standard InChI is InChI=1S/C11H10NO/c1-8-5-6-12-11-4-3-9(13-2)7-10(8)11/h3-7H,1H2,2H3. The molecule has 2 nitrogen and oxygen atoms in total. The predicted octanol–water partition coefficient (Wildman–Crippen LogP) is 2.43. The van der Waals surface area contributed by atoms with E-state index in [-0.39, 0.29) is 0 Å². The molecule has 1 aromatic heterocycles. The minimum atomic E-state index is 0.838. The van der Waals surface area contributed by atoms with E-state index in [0.29, 0.717) is 0 Å². The Bertz CT molecular complexity index is 437. The predicted molar refractivity (Wildman–Crippen MR) is 52.8 cm³/mol. The Balaban J connectivity index is 2.74. The first-order chi connectivity index (χ1) is 6.31. The molecule has 0 N–H and O–H groups in total. The second-order valence-corrected chi connectivity index (χ2v) is 2.85. The first-order valence-corrected chi connectivity index (χ1v) is 4.06. The van der Waals surface area contributed by atoms with E-state index in [0.717, 1.165) is 22.2 Å². The van der Waals surface area contributed by atoms with Gasteiger partial charge >= 0.3 is 0 Å². The molecule has 1 aromatic carbocycles. The maximum absolute atomic E-state index is 5.12. The van der Waals surface area contributed by atoms with E-state index >= 15 is 0 Å². The van der Waals surface area contributed by atoms with Crippen LogP contribution in [-0.2, 0) is 0 Å². The van der Waals surface area contributed by atoms with Crippen LogP contribution in [0.5, 0.6) is 5.75 Å². The number of hydrogen-bond donors (Lipinski definition) is 0. The molecule has 0 unspecified atom stereocenters. The Labute approximate surface area is 77.2 Å². The number of ether oxygens (including phenoxy) is 1. The van der Waals surface area contributed by atoms with Crippen LogP contribution in [0.1, 0.15) is 5.56 Å². The molecule has 0 spiro atoms. The summed E-state index contributed by atoms with van der Waals surface area (Å²) in [5.74, 6) is 0.838. The van der Waals surface area contributed by atoms with Gasteiger partial charge < -0.3 is 4.74 Å². The summed E-state index contributed by atoms with van der Waals surface area (Å²) < 4.78 is 5.12. The summed E-state index contributed by atoms with van der Waals surface area (Å²) in [5.41, 5.74) is 1.93. The normalized spacial score (nSPS) is 10.3. The molecule has 0 fully saturated rings. The summed E-state index contributed by atoms with van der Waals surface area (Å²) in [6.45, 7) is 3.93. The molecule has 0 aliphatic carbocycles. The molecule has 0 atom stereocenters. The number of nitrogens with zero attached hydrogens (tertiary/aromatic N) is 1. The van der Waals surface area contributed by atoms with Gasteiger partial charge in [-0.1, -0.05) is 0 Å². The van der Waals surface area contributed by atoms with Gasteiger partial charge in [-0.15, -0.1) is 0 Å². The van der Waals surface area contributed by atoms with Gasteiger partial charge in [0.2, 0.25) is 0 Å². The van der Waals surface area contributed by atoms with Crippen LogP contribution in [0.2, 0.25) is 0 Å². The molecule has 0 saturated carbocycles. The number of pyridine rings is 1. The average Bonchev–Trinajstić information content (AvgIpc) is 2.18. The lowest BCUT2D eigenvalue weighted by Crippen LogP contribution is -1.85. The molecule has 1 heterocycles. The van der Waals surface area contributed by atoms with E-state index in [1.807, 2.05) is 24.3 Å². The van der Waals surface area contributed by atoms with Gasteiger partial charge in [-0.2, -0.15) is 0 Å². The van der Waals surface area contributed by atoms with Crippen molar-refractivity contribution in [3.8, 4) is 5.75 Å². The maximum atomic E-state index is 5.12. The molecule has 2 rings (SSSR count). The molecule has 0 aliphatic rings. The number of rotatable bonds is 1. The number of hydrogen-bond acceptors (Lipinski definition) is 2. The summed E-state index contributed by atoms with van der Waals surface area (Å²) in [6, 6.07) is 7.67. The summed E-state index contributed by atoms with van der Waals surface area (Å²) >= 11 is 0. The number of aromatic nitrogens is 1. The van der Waals surface area contributed by atoms with Crippen molar-refractivity contribution < 1.29 is 4.74 Å². The monoisotopic (exact) mass is 172 g/mol. The van der Waals surface area contributed by atoms with Crippen molar-refractivity contribution in [2.24, 2.45) is 0 Å². The molecular formula is C11H10NO. The molecule has 2 aromatic rings. The third-order valence-electron chi connectivity index (χ3n) is 2.04. The lowest BCUT2D eigenvalue weighted by atomic mass is 10.1. The fourth-order valence-electron chi connectivity index (χ4n) is 1.31. The number of methoxy groups -OCH3 is 1. The van der Waals surface area contributed by atoms with Crippen LogP contribution in [0.4, 0.5) is 0 Å². The fourth-order valence-corrected chi connectivity index (χ4v) is 1.31. The van der Waals surface area contributed by atoms with E-state index in [9.17, 15) is 0 Å². The first-order valence-electron chi connectivity index (χ1n) is 4.06. The van der Waals surface area contributed by atoms with Gasteiger partial charge in [-0.3, -0.25) is 4.98 Å². The van der Waals surface area contributed by atoms with E-state index in [2.05, 4.69) is 11.9 Å². The van der Waals surface area contributed by atoms with E-state index in [4.69, 9.17) is 4.74 Å². The summed E-state index contributed by atoms with van der Waals surface area (Å²) in [4.78, 5) is 4.22. The zero-order chi connectivity index (χ0) is 9.26. The third-order valence-corrected chi connectivity index (χ3v) is 2.04. The van der Waals surface area contributed by atoms with Crippen molar-refractivity contribution in [3.63, 3.8) is 0 Å². The molecule has 65 valence electrons. The van der Waals surface area contributed by atoms with Gasteiger partial charge in [0, 0.05) is 11.6 Å². The zero-order valence-corrected chi connectivity index (χ0v) is 7.45. The zero-order valence-electron chi connectivity index (χ0n) is 7.45. The number of benzene rings is 1. The lowest BCUT2D eigenvalue weighted by Gasteiger charge is -2.03. The van der Waals surface area contributed by atoms with Gasteiger partial charge in [0.25, 0.3) is 0 Å². The van der Waals surface area contributed by atoms with Crippen LogP contribution < -0.4 is 4.74 Å². The minimum Gasteiger partial charge on any atom is -0.497 e. The molecular weight excluding hydrogens is 162 g/mol. The lowest BCUT2D eigenvalue weighted by molar-refractivity contribution is 0.415. The highest BCUT2D eigenvalue weighted by atomic mass is 16.5. The molecule has 1 radical (unpaired) electrons. The SMILES string of the molecule is [CH2]c1ccnc2ccc(OC)cc12. The van der Waals surface area contributed by atoms with Crippen molar-refractivity contribution in [2.45, 2.75) is 0 Å². The third kappa shape index (κ3) is 1.35. The second kappa shape index (κ2) is 3.05. The van der Waals surface area contributed by atoms with Crippen LogP contribution in [0.15, 0.2) is 30.5 Å². The topological polar surface area (TPSA) is 22.1 Å². The van der Waals surface area contributed by atoms with E-state index in [1.165, 1.54) is 0 Å². The van der Waals surface area contributed by atoms with Crippen molar-refractivity contribution in [3.05, 3.63) is 42.9 Å². The summed E-state index contributed by atoms with van der Waals surface area (Å²) in [7, 11) is 1.65. The first kappa shape index (κ1) is 8.05. The highest BCUT2D eigenvalue weighted by molar-refractivity contribution is 5.83. The number of fused-ring (bicyclic) bond motifs is 1. The quantitative estimate of drug-likeness (QED) is 0.659. The Kier molecular flexibility index (Phi) is 1.89. The van der Waals surface area contributed by atoms with Gasteiger partial charge in [-0.25, -0.2) is 0 Å². The van der Waals surface area contributed by atoms with Gasteiger partial charge in [0.1, 0.15) is 5.75 Å².